The monoisotopic (exact) mass is 215 g/mol. The Balaban J connectivity index is 2.16. The standard InChI is InChI=1S/C12H25NO2/c1-13(9-5-2-6-10-14)11-7-3-4-8-12(11)15/h11-12,14-15H,2-10H2,1H3. The van der Waals surface area contributed by atoms with Crippen LogP contribution in [0.15, 0.2) is 0 Å². The number of rotatable bonds is 6. The van der Waals surface area contributed by atoms with Gasteiger partial charge in [0.15, 0.2) is 0 Å². The molecule has 2 N–H and O–H groups in total. The van der Waals surface area contributed by atoms with Crippen molar-refractivity contribution in [2.24, 2.45) is 0 Å². The minimum Gasteiger partial charge on any atom is -0.396 e. The molecule has 2 unspecified atom stereocenters. The maximum atomic E-state index is 9.86. The minimum atomic E-state index is -0.124. The predicted octanol–water partition coefficient (Wildman–Crippen LogP) is 1.38. The first kappa shape index (κ1) is 12.9. The number of hydrogen-bond acceptors (Lipinski definition) is 3. The van der Waals surface area contributed by atoms with Gasteiger partial charge in [-0.2, -0.15) is 0 Å². The van der Waals surface area contributed by atoms with Gasteiger partial charge in [-0.25, -0.2) is 0 Å². The molecule has 15 heavy (non-hydrogen) atoms. The highest BCUT2D eigenvalue weighted by Crippen LogP contribution is 2.22. The number of aliphatic hydroxyl groups excluding tert-OH is 2. The van der Waals surface area contributed by atoms with Crippen molar-refractivity contribution in [3.8, 4) is 0 Å². The zero-order valence-electron chi connectivity index (χ0n) is 9.86. The van der Waals surface area contributed by atoms with Crippen LogP contribution in [0.2, 0.25) is 0 Å². The molecule has 1 fully saturated rings. The second-order valence-electron chi connectivity index (χ2n) is 4.68. The lowest BCUT2D eigenvalue weighted by Gasteiger charge is -2.35. The lowest BCUT2D eigenvalue weighted by molar-refractivity contribution is 0.0314. The molecule has 0 heterocycles. The third-order valence-electron chi connectivity index (χ3n) is 3.43. The van der Waals surface area contributed by atoms with Crippen LogP contribution in [0.25, 0.3) is 0 Å². The molecule has 90 valence electrons. The van der Waals surface area contributed by atoms with Crippen LogP contribution >= 0.6 is 0 Å². The number of likely N-dealkylation sites (N-methyl/N-ethyl adjacent to an activating group) is 1. The zero-order valence-corrected chi connectivity index (χ0v) is 9.86. The fourth-order valence-electron chi connectivity index (χ4n) is 2.42. The van der Waals surface area contributed by atoms with Gasteiger partial charge < -0.3 is 15.1 Å². The van der Waals surface area contributed by atoms with Crippen molar-refractivity contribution >= 4 is 0 Å². The first-order valence-electron chi connectivity index (χ1n) is 6.25. The highest BCUT2D eigenvalue weighted by molar-refractivity contribution is 4.81. The summed E-state index contributed by atoms with van der Waals surface area (Å²) in [5, 5.41) is 18.5. The zero-order chi connectivity index (χ0) is 11.1. The quantitative estimate of drug-likeness (QED) is 0.658. The molecular weight excluding hydrogens is 190 g/mol. The normalized spacial score (nSPS) is 27.2. The van der Waals surface area contributed by atoms with Gasteiger partial charge in [-0.05, 0) is 45.7 Å². The van der Waals surface area contributed by atoms with E-state index in [9.17, 15) is 5.11 Å². The Morgan fingerprint density at radius 1 is 1.13 bits per heavy atom. The number of unbranched alkanes of at least 4 members (excludes halogenated alkanes) is 2. The maximum absolute atomic E-state index is 9.86. The van der Waals surface area contributed by atoms with E-state index < -0.39 is 0 Å². The first-order chi connectivity index (χ1) is 7.25. The molecule has 0 aromatic heterocycles. The summed E-state index contributed by atoms with van der Waals surface area (Å²) in [6, 6.07) is 0.368. The average Bonchev–Trinajstić information content (AvgIpc) is 2.25. The Hall–Kier alpha value is -0.120. The van der Waals surface area contributed by atoms with Crippen LogP contribution in [-0.4, -0.2) is 47.5 Å². The number of hydrogen-bond donors (Lipinski definition) is 2. The van der Waals surface area contributed by atoms with Gasteiger partial charge in [0.2, 0.25) is 0 Å². The Morgan fingerprint density at radius 2 is 1.87 bits per heavy atom. The fourth-order valence-corrected chi connectivity index (χ4v) is 2.42. The lowest BCUT2D eigenvalue weighted by atomic mass is 9.91. The Bertz CT molecular complexity index is 164. The Kier molecular flexibility index (Phi) is 6.22. The van der Waals surface area contributed by atoms with Gasteiger partial charge in [0, 0.05) is 12.6 Å². The van der Waals surface area contributed by atoms with Gasteiger partial charge in [0.05, 0.1) is 6.10 Å². The van der Waals surface area contributed by atoms with E-state index >= 15 is 0 Å². The lowest BCUT2D eigenvalue weighted by Crippen LogP contribution is -2.43. The average molecular weight is 215 g/mol. The van der Waals surface area contributed by atoms with E-state index in [1.165, 1.54) is 12.8 Å². The van der Waals surface area contributed by atoms with Crippen molar-refractivity contribution in [2.45, 2.75) is 57.1 Å². The van der Waals surface area contributed by atoms with E-state index in [1.807, 2.05) is 0 Å². The van der Waals surface area contributed by atoms with Crippen LogP contribution < -0.4 is 0 Å². The van der Waals surface area contributed by atoms with E-state index in [0.29, 0.717) is 12.6 Å². The summed E-state index contributed by atoms with van der Waals surface area (Å²) in [6.45, 7) is 1.34. The summed E-state index contributed by atoms with van der Waals surface area (Å²) in [6.07, 6.45) is 7.52. The van der Waals surface area contributed by atoms with Gasteiger partial charge >= 0.3 is 0 Å². The first-order valence-corrected chi connectivity index (χ1v) is 6.25. The Labute approximate surface area is 93.1 Å². The van der Waals surface area contributed by atoms with Crippen LogP contribution in [0, 0.1) is 0 Å². The largest absolute Gasteiger partial charge is 0.396 e. The van der Waals surface area contributed by atoms with Crippen LogP contribution in [-0.2, 0) is 0 Å². The van der Waals surface area contributed by atoms with E-state index in [-0.39, 0.29) is 6.10 Å². The van der Waals surface area contributed by atoms with Crippen molar-refractivity contribution in [1.29, 1.82) is 0 Å². The summed E-state index contributed by atoms with van der Waals surface area (Å²) in [4.78, 5) is 2.29. The molecule has 1 rings (SSSR count). The van der Waals surface area contributed by atoms with Gasteiger partial charge in [-0.1, -0.05) is 12.8 Å². The summed E-state index contributed by atoms with van der Waals surface area (Å²) >= 11 is 0. The van der Waals surface area contributed by atoms with Crippen LogP contribution in [0.5, 0.6) is 0 Å². The summed E-state index contributed by atoms with van der Waals surface area (Å²) < 4.78 is 0. The summed E-state index contributed by atoms with van der Waals surface area (Å²) in [5.74, 6) is 0. The molecule has 0 saturated heterocycles. The van der Waals surface area contributed by atoms with E-state index in [4.69, 9.17) is 5.11 Å². The predicted molar refractivity (Wildman–Crippen MR) is 61.8 cm³/mol. The molecule has 0 aliphatic heterocycles. The van der Waals surface area contributed by atoms with Crippen molar-refractivity contribution in [2.75, 3.05) is 20.2 Å². The molecule has 3 heteroatoms. The van der Waals surface area contributed by atoms with Crippen molar-refractivity contribution in [1.82, 2.24) is 4.90 Å². The van der Waals surface area contributed by atoms with Crippen molar-refractivity contribution < 1.29 is 10.2 Å². The van der Waals surface area contributed by atoms with Gasteiger partial charge in [0.25, 0.3) is 0 Å². The molecule has 1 aliphatic carbocycles. The third-order valence-corrected chi connectivity index (χ3v) is 3.43. The molecule has 0 radical (unpaired) electrons. The van der Waals surface area contributed by atoms with Gasteiger partial charge in [-0.3, -0.25) is 0 Å². The second kappa shape index (κ2) is 7.20. The molecule has 0 aromatic rings. The Morgan fingerprint density at radius 3 is 2.53 bits per heavy atom. The molecular formula is C12H25NO2. The van der Waals surface area contributed by atoms with Gasteiger partial charge in [-0.15, -0.1) is 0 Å². The smallest absolute Gasteiger partial charge is 0.0695 e. The molecule has 1 saturated carbocycles. The third kappa shape index (κ3) is 4.49. The van der Waals surface area contributed by atoms with Crippen LogP contribution in [0.3, 0.4) is 0 Å². The second-order valence-corrected chi connectivity index (χ2v) is 4.68. The molecule has 2 atom stereocenters. The summed E-state index contributed by atoms with van der Waals surface area (Å²) in [5.41, 5.74) is 0. The number of nitrogens with zero attached hydrogens (tertiary/aromatic N) is 1. The molecule has 0 amide bonds. The molecule has 3 nitrogen and oxygen atoms in total. The highest BCUT2D eigenvalue weighted by Gasteiger charge is 2.25. The van der Waals surface area contributed by atoms with E-state index in [1.54, 1.807) is 0 Å². The van der Waals surface area contributed by atoms with Crippen molar-refractivity contribution in [3.63, 3.8) is 0 Å². The maximum Gasteiger partial charge on any atom is 0.0695 e. The van der Waals surface area contributed by atoms with E-state index in [2.05, 4.69) is 11.9 Å². The topological polar surface area (TPSA) is 43.7 Å². The van der Waals surface area contributed by atoms with E-state index in [0.717, 1.165) is 38.6 Å². The molecule has 1 aliphatic rings. The van der Waals surface area contributed by atoms with Gasteiger partial charge in [0.1, 0.15) is 0 Å². The minimum absolute atomic E-state index is 0.124. The van der Waals surface area contributed by atoms with Crippen molar-refractivity contribution in [3.05, 3.63) is 0 Å². The fraction of sp³-hybridized carbons (Fsp3) is 1.00. The molecule has 0 aromatic carbocycles. The highest BCUT2D eigenvalue weighted by atomic mass is 16.3. The van der Waals surface area contributed by atoms with Crippen LogP contribution in [0.4, 0.5) is 0 Å². The number of aliphatic hydroxyl groups is 2. The molecule has 0 spiro atoms. The summed E-state index contributed by atoms with van der Waals surface area (Å²) in [7, 11) is 2.11. The SMILES string of the molecule is CN(CCCCCO)C1CCCCC1O. The van der Waals surface area contributed by atoms with Crippen LogP contribution in [0.1, 0.15) is 44.9 Å². The molecule has 0 bridgehead atoms.